The third-order valence-electron chi connectivity index (χ3n) is 0.893. The number of nitrogens with two attached hydrogens (primary N) is 1. The first-order valence-electron chi connectivity index (χ1n) is 3.78. The van der Waals surface area contributed by atoms with Crippen LogP contribution in [0.5, 0.6) is 5.75 Å². The summed E-state index contributed by atoms with van der Waals surface area (Å²) in [5.41, 5.74) is 5.98. The zero-order valence-corrected chi connectivity index (χ0v) is 7.78. The highest BCUT2D eigenvalue weighted by molar-refractivity contribution is 5.40. The highest BCUT2D eigenvalue weighted by atomic mass is 16.3. The molecular weight excluding hydrogens is 154 g/mol. The van der Waals surface area contributed by atoms with Gasteiger partial charge in [-0.2, -0.15) is 0 Å². The van der Waals surface area contributed by atoms with Crippen molar-refractivity contribution < 1.29 is 10.2 Å². The van der Waals surface area contributed by atoms with Gasteiger partial charge in [-0.3, -0.25) is 0 Å². The monoisotopic (exact) mass is 171 g/mol. The van der Waals surface area contributed by atoms with Crippen molar-refractivity contribution in [3.63, 3.8) is 0 Å². The predicted octanol–water partition coefficient (Wildman–Crippen LogP) is 1.61. The van der Waals surface area contributed by atoms with Crippen molar-refractivity contribution in [2.75, 3.05) is 12.8 Å². The van der Waals surface area contributed by atoms with Crippen LogP contribution in [0.3, 0.4) is 0 Å². The lowest BCUT2D eigenvalue weighted by molar-refractivity contribution is 0.399. The first-order valence-corrected chi connectivity index (χ1v) is 3.78. The summed E-state index contributed by atoms with van der Waals surface area (Å²) in [5.74, 6) is 0.249. The first-order chi connectivity index (χ1) is 5.79. The molecule has 12 heavy (non-hydrogen) atoms. The molecule has 0 unspecified atom stereocenters. The fourth-order valence-electron chi connectivity index (χ4n) is 0.474. The Labute approximate surface area is 73.5 Å². The number of aliphatic hydroxyl groups excluding tert-OH is 1. The van der Waals surface area contributed by atoms with Crippen LogP contribution in [0.15, 0.2) is 24.3 Å². The standard InChI is InChI=1S/C6H7NO.C2H6.CH4O/c7-5-1-3-6(8)4-2-5;2*1-2/h1-4,8H,7H2;1-2H3;2H,1H3. The van der Waals surface area contributed by atoms with E-state index in [4.69, 9.17) is 15.9 Å². The molecule has 0 aromatic heterocycles. The van der Waals surface area contributed by atoms with E-state index in [2.05, 4.69) is 0 Å². The van der Waals surface area contributed by atoms with E-state index in [-0.39, 0.29) is 5.75 Å². The average molecular weight is 171 g/mol. The van der Waals surface area contributed by atoms with Gasteiger partial charge in [-0.1, -0.05) is 13.8 Å². The van der Waals surface area contributed by atoms with Crippen molar-refractivity contribution in [2.45, 2.75) is 13.8 Å². The van der Waals surface area contributed by atoms with E-state index in [1.807, 2.05) is 13.8 Å². The summed E-state index contributed by atoms with van der Waals surface area (Å²) >= 11 is 0. The van der Waals surface area contributed by atoms with Gasteiger partial charge in [0.05, 0.1) is 0 Å². The molecule has 0 bridgehead atoms. The number of phenolic OH excluding ortho intramolecular Hbond substituents is 1. The second-order valence-corrected chi connectivity index (χ2v) is 1.59. The van der Waals surface area contributed by atoms with Gasteiger partial charge in [0.1, 0.15) is 5.75 Å². The summed E-state index contributed by atoms with van der Waals surface area (Å²) in [4.78, 5) is 0. The van der Waals surface area contributed by atoms with Gasteiger partial charge in [0.25, 0.3) is 0 Å². The summed E-state index contributed by atoms with van der Waals surface area (Å²) in [5, 5.41) is 15.7. The van der Waals surface area contributed by atoms with Crippen LogP contribution in [0, 0.1) is 0 Å². The van der Waals surface area contributed by atoms with Gasteiger partial charge in [-0.05, 0) is 24.3 Å². The number of rotatable bonds is 0. The molecule has 0 fully saturated rings. The minimum atomic E-state index is 0.249. The molecule has 4 N–H and O–H groups in total. The molecule has 0 radical (unpaired) electrons. The van der Waals surface area contributed by atoms with Crippen molar-refractivity contribution in [1.29, 1.82) is 0 Å². The van der Waals surface area contributed by atoms with Crippen LogP contribution in [0.25, 0.3) is 0 Å². The molecule has 0 aliphatic rings. The van der Waals surface area contributed by atoms with Crippen LogP contribution >= 0.6 is 0 Å². The molecule has 0 saturated heterocycles. The van der Waals surface area contributed by atoms with Gasteiger partial charge in [0.15, 0.2) is 0 Å². The normalized spacial score (nSPS) is 7.00. The quantitative estimate of drug-likeness (QED) is 0.410. The number of aromatic hydroxyl groups is 1. The number of benzene rings is 1. The molecule has 0 aliphatic heterocycles. The van der Waals surface area contributed by atoms with E-state index in [0.29, 0.717) is 5.69 Å². The molecule has 1 aromatic rings. The van der Waals surface area contributed by atoms with Crippen molar-refractivity contribution in [3.8, 4) is 5.75 Å². The lowest BCUT2D eigenvalue weighted by Gasteiger charge is -1.89. The van der Waals surface area contributed by atoms with Gasteiger partial charge in [0, 0.05) is 12.8 Å². The van der Waals surface area contributed by atoms with E-state index in [0.717, 1.165) is 7.11 Å². The number of phenols is 1. The third kappa shape index (κ3) is 6.89. The maximum atomic E-state index is 8.70. The lowest BCUT2D eigenvalue weighted by atomic mass is 10.3. The van der Waals surface area contributed by atoms with E-state index in [9.17, 15) is 0 Å². The minimum Gasteiger partial charge on any atom is -0.508 e. The Kier molecular flexibility index (Phi) is 10.9. The van der Waals surface area contributed by atoms with Crippen LogP contribution in [-0.2, 0) is 0 Å². The van der Waals surface area contributed by atoms with Gasteiger partial charge in [-0.25, -0.2) is 0 Å². The summed E-state index contributed by atoms with van der Waals surface area (Å²) in [6, 6.07) is 6.40. The van der Waals surface area contributed by atoms with E-state index < -0.39 is 0 Å². The predicted molar refractivity (Wildman–Crippen MR) is 52.0 cm³/mol. The van der Waals surface area contributed by atoms with E-state index in [1.54, 1.807) is 24.3 Å². The fraction of sp³-hybridized carbons (Fsp3) is 0.333. The Balaban J connectivity index is 0. The summed E-state index contributed by atoms with van der Waals surface area (Å²) < 4.78 is 0. The molecule has 0 saturated carbocycles. The van der Waals surface area contributed by atoms with Crippen LogP contribution in [-0.4, -0.2) is 17.3 Å². The smallest absolute Gasteiger partial charge is 0.115 e. The highest BCUT2D eigenvalue weighted by Crippen LogP contribution is 2.09. The second-order valence-electron chi connectivity index (χ2n) is 1.59. The summed E-state index contributed by atoms with van der Waals surface area (Å²) in [6.07, 6.45) is 0. The van der Waals surface area contributed by atoms with Gasteiger partial charge in [-0.15, -0.1) is 0 Å². The van der Waals surface area contributed by atoms with E-state index >= 15 is 0 Å². The van der Waals surface area contributed by atoms with Crippen LogP contribution in [0.4, 0.5) is 5.69 Å². The topological polar surface area (TPSA) is 66.5 Å². The number of anilines is 1. The van der Waals surface area contributed by atoms with Crippen molar-refractivity contribution in [2.24, 2.45) is 0 Å². The van der Waals surface area contributed by atoms with Crippen LogP contribution in [0.1, 0.15) is 13.8 Å². The van der Waals surface area contributed by atoms with Gasteiger partial charge >= 0.3 is 0 Å². The number of hydrogen-bond acceptors (Lipinski definition) is 3. The molecule has 3 nitrogen and oxygen atoms in total. The highest BCUT2D eigenvalue weighted by Gasteiger charge is 1.82. The lowest BCUT2D eigenvalue weighted by Crippen LogP contribution is -1.80. The zero-order valence-electron chi connectivity index (χ0n) is 7.78. The SMILES string of the molecule is CC.CO.Nc1ccc(O)cc1. The Morgan fingerprint density at radius 1 is 1.00 bits per heavy atom. The molecule has 70 valence electrons. The first kappa shape index (κ1) is 13.4. The minimum absolute atomic E-state index is 0.249. The molecular formula is C9H17NO2. The van der Waals surface area contributed by atoms with Gasteiger partial charge < -0.3 is 15.9 Å². The summed E-state index contributed by atoms with van der Waals surface area (Å²) in [6.45, 7) is 4.00. The number of aliphatic hydroxyl groups is 1. The maximum absolute atomic E-state index is 8.70. The summed E-state index contributed by atoms with van der Waals surface area (Å²) in [7, 11) is 1.00. The van der Waals surface area contributed by atoms with Gasteiger partial charge in [0.2, 0.25) is 0 Å². The molecule has 0 spiro atoms. The van der Waals surface area contributed by atoms with E-state index in [1.165, 1.54) is 0 Å². The Hall–Kier alpha value is -1.22. The number of nitrogen functional groups attached to an aromatic ring is 1. The van der Waals surface area contributed by atoms with Crippen LogP contribution in [0.2, 0.25) is 0 Å². The largest absolute Gasteiger partial charge is 0.508 e. The fourth-order valence-corrected chi connectivity index (χ4v) is 0.474. The molecule has 0 aliphatic carbocycles. The van der Waals surface area contributed by atoms with Crippen LogP contribution < -0.4 is 5.73 Å². The second kappa shape index (κ2) is 9.78. The molecule has 0 heterocycles. The molecule has 1 rings (SSSR count). The molecule has 1 aromatic carbocycles. The molecule has 3 heteroatoms. The Morgan fingerprint density at radius 3 is 1.58 bits per heavy atom. The Bertz CT molecular complexity index is 151. The third-order valence-corrected chi connectivity index (χ3v) is 0.893. The van der Waals surface area contributed by atoms with Crippen molar-refractivity contribution >= 4 is 5.69 Å². The van der Waals surface area contributed by atoms with Crippen molar-refractivity contribution in [3.05, 3.63) is 24.3 Å². The van der Waals surface area contributed by atoms with Crippen molar-refractivity contribution in [1.82, 2.24) is 0 Å². The molecule has 0 atom stereocenters. The molecule has 0 amide bonds. The number of hydrogen-bond donors (Lipinski definition) is 3. The maximum Gasteiger partial charge on any atom is 0.115 e. The zero-order chi connectivity index (χ0) is 9.98. The Morgan fingerprint density at radius 2 is 1.33 bits per heavy atom. The average Bonchev–Trinajstić information content (AvgIpc) is 2.17.